The lowest BCUT2D eigenvalue weighted by molar-refractivity contribution is 0.0523. The van der Waals surface area contributed by atoms with Gasteiger partial charge in [-0.25, -0.2) is 14.6 Å². The molecule has 7 nitrogen and oxygen atoms in total. The first-order chi connectivity index (χ1) is 13.3. The molecule has 1 heterocycles. The number of rotatable bonds is 4. The number of ether oxygens (including phenoxy) is 2. The van der Waals surface area contributed by atoms with Gasteiger partial charge in [-0.3, -0.25) is 5.32 Å². The van der Waals surface area contributed by atoms with Crippen LogP contribution in [0.2, 0.25) is 0 Å². The predicted octanol–water partition coefficient (Wildman–Crippen LogP) is 3.98. The fourth-order valence-electron chi connectivity index (χ4n) is 2.29. The maximum Gasteiger partial charge on any atom is 0.413 e. The monoisotopic (exact) mass is 415 g/mol. The van der Waals surface area contributed by atoms with E-state index in [-0.39, 0.29) is 6.54 Å². The van der Waals surface area contributed by atoms with Gasteiger partial charge in [0.15, 0.2) is 5.13 Å². The van der Waals surface area contributed by atoms with Crippen LogP contribution in [0.15, 0.2) is 24.3 Å². The van der Waals surface area contributed by atoms with Gasteiger partial charge in [0.25, 0.3) is 0 Å². The molecule has 0 aliphatic rings. The first-order valence-corrected chi connectivity index (χ1v) is 9.96. The Balaban J connectivity index is 2.24. The lowest BCUT2D eigenvalue weighted by Gasteiger charge is -2.19. The summed E-state index contributed by atoms with van der Waals surface area (Å²) in [4.78, 5) is 29.3. The lowest BCUT2D eigenvalue weighted by atomic mass is 9.93. The summed E-state index contributed by atoms with van der Waals surface area (Å²) >= 11 is 1.24. The van der Waals surface area contributed by atoms with Crippen molar-refractivity contribution in [3.8, 4) is 11.3 Å². The van der Waals surface area contributed by atoms with E-state index in [2.05, 4.69) is 15.6 Å². The Morgan fingerprint density at radius 1 is 1.07 bits per heavy atom. The van der Waals surface area contributed by atoms with Crippen LogP contribution in [0, 0.1) is 0 Å². The second kappa shape index (κ2) is 8.86. The molecule has 2 aromatic rings. The molecular formula is C20H26BN3O4S. The summed E-state index contributed by atoms with van der Waals surface area (Å²) < 4.78 is 10.6. The van der Waals surface area contributed by atoms with Crippen LogP contribution in [-0.4, -0.2) is 36.2 Å². The van der Waals surface area contributed by atoms with Crippen molar-refractivity contribution in [1.82, 2.24) is 10.3 Å². The number of carbonyl (C=O) groups excluding carboxylic acids is 2. The molecule has 0 fully saturated rings. The summed E-state index contributed by atoms with van der Waals surface area (Å²) in [6.45, 7) is 10.9. The van der Waals surface area contributed by atoms with Gasteiger partial charge in [-0.1, -0.05) is 41.1 Å². The normalized spacial score (nSPS) is 11.7. The van der Waals surface area contributed by atoms with Crippen LogP contribution in [0.25, 0.3) is 11.3 Å². The first kappa shape index (κ1) is 22.7. The van der Waals surface area contributed by atoms with Gasteiger partial charge in [0.1, 0.15) is 19.0 Å². The van der Waals surface area contributed by atoms with Crippen molar-refractivity contribution in [1.29, 1.82) is 0 Å². The molecule has 2 amide bonds. The summed E-state index contributed by atoms with van der Waals surface area (Å²) in [5, 5.41) is 5.72. The van der Waals surface area contributed by atoms with Gasteiger partial charge in [0, 0.05) is 5.56 Å². The Kier molecular flexibility index (Phi) is 6.95. The highest BCUT2D eigenvalue weighted by molar-refractivity contribution is 7.16. The number of benzene rings is 1. The molecule has 2 N–H and O–H groups in total. The Morgan fingerprint density at radius 2 is 1.69 bits per heavy atom. The third-order valence-electron chi connectivity index (χ3n) is 3.26. The molecule has 0 aliphatic carbocycles. The molecular weight excluding hydrogens is 389 g/mol. The highest BCUT2D eigenvalue weighted by Gasteiger charge is 2.21. The van der Waals surface area contributed by atoms with Gasteiger partial charge in [0.05, 0.1) is 17.1 Å². The number of nitrogens with one attached hydrogen (secondary N) is 2. The standard InChI is InChI=1S/C20H26BN3O4S/c1-19(2,3)27-17(25)22-11-14-15(12-8-7-9-13(21)10-12)23-16(29-14)24-18(26)28-20(4,5)6/h7-10H,11H2,1-6H3,(H,22,25)(H,23,24,26). The quantitative estimate of drug-likeness (QED) is 0.738. The zero-order chi connectivity index (χ0) is 21.8. The highest BCUT2D eigenvalue weighted by Crippen LogP contribution is 2.31. The summed E-state index contributed by atoms with van der Waals surface area (Å²) in [6, 6.07) is 7.23. The predicted molar refractivity (Wildman–Crippen MR) is 116 cm³/mol. The van der Waals surface area contributed by atoms with Gasteiger partial charge in [-0.2, -0.15) is 0 Å². The topological polar surface area (TPSA) is 89.5 Å². The van der Waals surface area contributed by atoms with Crippen molar-refractivity contribution in [2.75, 3.05) is 5.32 Å². The van der Waals surface area contributed by atoms with E-state index in [9.17, 15) is 9.59 Å². The second-order valence-corrected chi connectivity index (χ2v) is 9.48. The largest absolute Gasteiger partial charge is 0.444 e. The molecule has 1 aromatic carbocycles. The molecule has 0 unspecified atom stereocenters. The molecule has 29 heavy (non-hydrogen) atoms. The Hall–Kier alpha value is -2.55. The minimum Gasteiger partial charge on any atom is -0.444 e. The Bertz CT molecular complexity index is 885. The van der Waals surface area contributed by atoms with Gasteiger partial charge >= 0.3 is 12.2 Å². The number of carbonyl (C=O) groups is 2. The van der Waals surface area contributed by atoms with Crippen LogP contribution in [0.5, 0.6) is 0 Å². The summed E-state index contributed by atoms with van der Waals surface area (Å²) in [6.07, 6.45) is -1.14. The smallest absolute Gasteiger partial charge is 0.413 e. The van der Waals surface area contributed by atoms with Gasteiger partial charge < -0.3 is 14.8 Å². The van der Waals surface area contributed by atoms with Crippen molar-refractivity contribution in [2.24, 2.45) is 0 Å². The fourth-order valence-corrected chi connectivity index (χ4v) is 3.20. The van der Waals surface area contributed by atoms with Crippen molar-refractivity contribution >= 4 is 42.0 Å². The van der Waals surface area contributed by atoms with E-state index < -0.39 is 23.4 Å². The SMILES string of the molecule is [B]c1cccc(-c2nc(NC(=O)OC(C)(C)C)sc2CNC(=O)OC(C)(C)C)c1. The second-order valence-electron chi connectivity index (χ2n) is 8.40. The molecule has 0 atom stereocenters. The Labute approximate surface area is 176 Å². The first-order valence-electron chi connectivity index (χ1n) is 9.15. The van der Waals surface area contributed by atoms with E-state index in [0.717, 1.165) is 10.4 Å². The van der Waals surface area contributed by atoms with Crippen molar-refractivity contribution in [3.05, 3.63) is 29.1 Å². The highest BCUT2D eigenvalue weighted by atomic mass is 32.1. The van der Waals surface area contributed by atoms with E-state index >= 15 is 0 Å². The van der Waals surface area contributed by atoms with Gasteiger partial charge in [-0.05, 0) is 41.5 Å². The number of amides is 2. The number of hydrogen-bond acceptors (Lipinski definition) is 6. The van der Waals surface area contributed by atoms with Gasteiger partial charge in [-0.15, -0.1) is 0 Å². The summed E-state index contributed by atoms with van der Waals surface area (Å²) in [5.41, 5.74) is 0.754. The number of hydrogen-bond donors (Lipinski definition) is 2. The average Bonchev–Trinajstić information content (AvgIpc) is 2.92. The number of alkyl carbamates (subject to hydrolysis) is 1. The van der Waals surface area contributed by atoms with Crippen LogP contribution in [0.3, 0.4) is 0 Å². The maximum atomic E-state index is 12.1. The molecule has 1 aromatic heterocycles. The lowest BCUT2D eigenvalue weighted by Crippen LogP contribution is -2.32. The van der Waals surface area contributed by atoms with Crippen LogP contribution >= 0.6 is 11.3 Å². The molecule has 0 aliphatic heterocycles. The van der Waals surface area contributed by atoms with Crippen LogP contribution in [0.1, 0.15) is 46.4 Å². The summed E-state index contributed by atoms with van der Waals surface area (Å²) in [7, 11) is 5.89. The average molecular weight is 415 g/mol. The van der Waals surface area contributed by atoms with Crippen LogP contribution < -0.4 is 16.1 Å². The van der Waals surface area contributed by atoms with E-state index in [1.807, 2.05) is 12.1 Å². The van der Waals surface area contributed by atoms with Crippen LogP contribution in [-0.2, 0) is 16.0 Å². The molecule has 0 bridgehead atoms. The number of aromatic nitrogens is 1. The molecule has 2 rings (SSSR count). The van der Waals surface area contributed by atoms with Crippen molar-refractivity contribution in [3.63, 3.8) is 0 Å². The van der Waals surface area contributed by atoms with E-state index in [1.165, 1.54) is 11.3 Å². The molecule has 0 saturated carbocycles. The zero-order valence-corrected chi connectivity index (χ0v) is 18.4. The molecule has 154 valence electrons. The fraction of sp³-hybridized carbons (Fsp3) is 0.450. The molecule has 2 radical (unpaired) electrons. The number of anilines is 1. The minimum absolute atomic E-state index is 0.187. The zero-order valence-electron chi connectivity index (χ0n) is 17.6. The molecule has 0 spiro atoms. The van der Waals surface area contributed by atoms with E-state index in [4.69, 9.17) is 17.3 Å². The minimum atomic E-state index is -0.626. The van der Waals surface area contributed by atoms with Crippen molar-refractivity contribution in [2.45, 2.75) is 59.3 Å². The Morgan fingerprint density at radius 3 is 2.28 bits per heavy atom. The maximum absolute atomic E-state index is 12.1. The summed E-state index contributed by atoms with van der Waals surface area (Å²) in [5.74, 6) is 0. The van der Waals surface area contributed by atoms with E-state index in [0.29, 0.717) is 16.3 Å². The van der Waals surface area contributed by atoms with E-state index in [1.54, 1.807) is 53.7 Å². The number of thiazole rings is 1. The molecule has 9 heteroatoms. The van der Waals surface area contributed by atoms with Crippen LogP contribution in [0.4, 0.5) is 14.7 Å². The van der Waals surface area contributed by atoms with Gasteiger partial charge in [0.2, 0.25) is 0 Å². The van der Waals surface area contributed by atoms with Crippen molar-refractivity contribution < 1.29 is 19.1 Å². The third-order valence-corrected chi connectivity index (χ3v) is 4.23. The third kappa shape index (κ3) is 7.77. The number of nitrogens with zero attached hydrogens (tertiary/aromatic N) is 1. The molecule has 0 saturated heterocycles.